The lowest BCUT2D eigenvalue weighted by molar-refractivity contribution is 1.10. The molecule has 8 aromatic carbocycles. The summed E-state index contributed by atoms with van der Waals surface area (Å²) in [7, 11) is 0. The molecule has 0 bridgehead atoms. The van der Waals surface area contributed by atoms with E-state index in [1.54, 1.807) is 0 Å². The molecule has 0 spiro atoms. The maximum absolute atomic E-state index is 10.0. The van der Waals surface area contributed by atoms with E-state index in [0.717, 1.165) is 44.6 Å². The van der Waals surface area contributed by atoms with Gasteiger partial charge in [-0.3, -0.25) is 0 Å². The first-order valence-electron chi connectivity index (χ1n) is 19.6. The third-order valence-corrected chi connectivity index (χ3v) is 11.6. The minimum Gasteiger partial charge on any atom is -0.309 e. The Kier molecular flexibility index (Phi) is 7.99. The highest BCUT2D eigenvalue weighted by molar-refractivity contribution is 6.12. The Balaban J connectivity index is 1.32. The number of hydrogen-bond donors (Lipinski definition) is 0. The number of aromatic nitrogens is 2. The molecule has 2 heterocycles. The van der Waals surface area contributed by atoms with Crippen LogP contribution in [0, 0.1) is 45.9 Å². The van der Waals surface area contributed by atoms with Gasteiger partial charge >= 0.3 is 0 Å². The number of hydrogen-bond acceptors (Lipinski definition) is 1. The lowest BCUT2D eigenvalue weighted by atomic mass is 9.96. The molecule has 0 aliphatic heterocycles. The smallest absolute Gasteiger partial charge is 0.0991 e. The maximum atomic E-state index is 10.0. The molecule has 2 aromatic heterocycles. The number of nitrogens with zero attached hydrogens (tertiary/aromatic N) is 3. The van der Waals surface area contributed by atoms with Gasteiger partial charge in [0.15, 0.2) is 0 Å². The van der Waals surface area contributed by atoms with Gasteiger partial charge in [-0.1, -0.05) is 138 Å². The van der Waals surface area contributed by atoms with Gasteiger partial charge in [-0.25, -0.2) is 0 Å². The molecular formula is C54H41N3. The van der Waals surface area contributed by atoms with Crippen LogP contribution in [-0.4, -0.2) is 9.13 Å². The van der Waals surface area contributed by atoms with Gasteiger partial charge in [-0.05, 0) is 110 Å². The minimum atomic E-state index is 0.640. The van der Waals surface area contributed by atoms with Crippen LogP contribution in [0.4, 0.5) is 0 Å². The van der Waals surface area contributed by atoms with Crippen molar-refractivity contribution in [1.82, 2.24) is 9.13 Å². The Morgan fingerprint density at radius 1 is 0.386 bits per heavy atom. The van der Waals surface area contributed by atoms with Crippen molar-refractivity contribution >= 4 is 43.6 Å². The maximum Gasteiger partial charge on any atom is 0.0991 e. The van der Waals surface area contributed by atoms with E-state index in [4.69, 9.17) is 0 Å². The van der Waals surface area contributed by atoms with Crippen LogP contribution < -0.4 is 0 Å². The lowest BCUT2D eigenvalue weighted by Crippen LogP contribution is -2.06. The average Bonchev–Trinajstić information content (AvgIpc) is 3.72. The molecule has 0 N–H and O–H groups in total. The van der Waals surface area contributed by atoms with Gasteiger partial charge in [0.05, 0.1) is 45.1 Å². The number of para-hydroxylation sites is 2. The Morgan fingerprint density at radius 2 is 0.895 bits per heavy atom. The van der Waals surface area contributed by atoms with Crippen LogP contribution >= 0.6 is 0 Å². The minimum absolute atomic E-state index is 0.640. The molecule has 0 unspecified atom stereocenters. The van der Waals surface area contributed by atoms with Crippen molar-refractivity contribution in [2.24, 2.45) is 0 Å². The second-order valence-electron chi connectivity index (χ2n) is 15.7. The van der Waals surface area contributed by atoms with Crippen molar-refractivity contribution < 1.29 is 0 Å². The van der Waals surface area contributed by atoms with Gasteiger partial charge in [0.1, 0.15) is 0 Å². The standard InChI is InChI=1S/C54H41N3/c1-33-23-34(2)26-42(25-33)39-17-19-47-45-13-6-8-15-50(45)56(52(47)30-39)49-22-21-44(41-12-10-11-38(29-41)32-55)54(37(49)5)57-51-16-9-7-14-46(51)48-20-18-40(31-53(48)57)43-27-35(3)24-36(4)28-43/h6-31H,1-5H3. The molecule has 0 aliphatic rings. The van der Waals surface area contributed by atoms with Gasteiger partial charge < -0.3 is 9.13 Å². The molecule has 10 rings (SSSR count). The summed E-state index contributed by atoms with van der Waals surface area (Å²) in [5.41, 5.74) is 20.5. The van der Waals surface area contributed by atoms with Crippen molar-refractivity contribution in [3.8, 4) is 50.8 Å². The summed E-state index contributed by atoms with van der Waals surface area (Å²) in [6.45, 7) is 10.9. The van der Waals surface area contributed by atoms with Crippen molar-refractivity contribution in [2.45, 2.75) is 34.6 Å². The van der Waals surface area contributed by atoms with Crippen molar-refractivity contribution in [3.05, 3.63) is 191 Å². The van der Waals surface area contributed by atoms with Crippen LogP contribution in [0.5, 0.6) is 0 Å². The molecule has 0 radical (unpaired) electrons. The molecule has 0 atom stereocenters. The third-order valence-electron chi connectivity index (χ3n) is 11.6. The van der Waals surface area contributed by atoms with E-state index in [-0.39, 0.29) is 0 Å². The van der Waals surface area contributed by atoms with Crippen LogP contribution in [0.25, 0.3) is 88.4 Å². The molecular weight excluding hydrogens is 691 g/mol. The highest BCUT2D eigenvalue weighted by atomic mass is 15.0. The third kappa shape index (κ3) is 5.64. The Bertz CT molecular complexity index is 3270. The zero-order valence-electron chi connectivity index (χ0n) is 32.9. The first kappa shape index (κ1) is 34.3. The SMILES string of the molecule is Cc1cc(C)cc(-c2ccc3c4ccccc4n(-c4ccc(-c5cccc(C#N)c5)c(-n5c6ccccc6c6ccc(-c7cc(C)cc(C)c7)cc65)c4C)c3c2)c1. The predicted molar refractivity (Wildman–Crippen MR) is 240 cm³/mol. The normalized spacial score (nSPS) is 11.6. The quantitative estimate of drug-likeness (QED) is 0.173. The predicted octanol–water partition coefficient (Wildman–Crippen LogP) is 14.3. The Morgan fingerprint density at radius 3 is 1.46 bits per heavy atom. The van der Waals surface area contributed by atoms with E-state index in [1.165, 1.54) is 71.6 Å². The number of rotatable bonds is 5. The van der Waals surface area contributed by atoms with Crippen LogP contribution in [-0.2, 0) is 0 Å². The van der Waals surface area contributed by atoms with E-state index in [9.17, 15) is 5.26 Å². The number of benzene rings is 8. The summed E-state index contributed by atoms with van der Waals surface area (Å²) in [5.74, 6) is 0. The summed E-state index contributed by atoms with van der Waals surface area (Å²) >= 11 is 0. The summed E-state index contributed by atoms with van der Waals surface area (Å²) in [5, 5.41) is 14.9. The molecule has 0 fully saturated rings. The zero-order valence-corrected chi connectivity index (χ0v) is 32.9. The highest BCUT2D eigenvalue weighted by Gasteiger charge is 2.23. The van der Waals surface area contributed by atoms with E-state index in [1.807, 2.05) is 18.2 Å². The van der Waals surface area contributed by atoms with E-state index < -0.39 is 0 Å². The van der Waals surface area contributed by atoms with Crippen LogP contribution in [0.15, 0.2) is 158 Å². The molecule has 0 saturated carbocycles. The lowest BCUT2D eigenvalue weighted by Gasteiger charge is -2.21. The first-order valence-corrected chi connectivity index (χ1v) is 19.6. The largest absolute Gasteiger partial charge is 0.309 e. The summed E-state index contributed by atoms with van der Waals surface area (Å²) < 4.78 is 4.93. The van der Waals surface area contributed by atoms with Gasteiger partial charge in [-0.2, -0.15) is 5.26 Å². The second-order valence-corrected chi connectivity index (χ2v) is 15.7. The molecule has 0 saturated heterocycles. The second kappa shape index (κ2) is 13.3. The molecule has 10 aromatic rings. The van der Waals surface area contributed by atoms with E-state index >= 15 is 0 Å². The molecule has 3 heteroatoms. The fourth-order valence-electron chi connectivity index (χ4n) is 9.29. The molecule has 0 aliphatic carbocycles. The average molecular weight is 732 g/mol. The molecule has 3 nitrogen and oxygen atoms in total. The van der Waals surface area contributed by atoms with Gasteiger partial charge in [-0.15, -0.1) is 0 Å². The van der Waals surface area contributed by atoms with Crippen LogP contribution in [0.1, 0.15) is 33.4 Å². The number of aryl methyl sites for hydroxylation is 4. The Hall–Kier alpha value is -7.15. The Labute approximate surface area is 333 Å². The van der Waals surface area contributed by atoms with E-state index in [2.05, 4.69) is 189 Å². The zero-order chi connectivity index (χ0) is 38.9. The summed E-state index contributed by atoms with van der Waals surface area (Å²) in [6, 6.07) is 59.9. The summed E-state index contributed by atoms with van der Waals surface area (Å²) in [6.07, 6.45) is 0. The van der Waals surface area contributed by atoms with Crippen molar-refractivity contribution in [3.63, 3.8) is 0 Å². The van der Waals surface area contributed by atoms with Crippen LogP contribution in [0.2, 0.25) is 0 Å². The topological polar surface area (TPSA) is 33.6 Å². The number of fused-ring (bicyclic) bond motifs is 6. The fourth-order valence-corrected chi connectivity index (χ4v) is 9.29. The molecule has 57 heavy (non-hydrogen) atoms. The molecule has 272 valence electrons. The molecule has 0 amide bonds. The summed E-state index contributed by atoms with van der Waals surface area (Å²) in [4.78, 5) is 0. The van der Waals surface area contributed by atoms with E-state index in [0.29, 0.717) is 5.56 Å². The van der Waals surface area contributed by atoms with Gasteiger partial charge in [0.25, 0.3) is 0 Å². The van der Waals surface area contributed by atoms with Crippen LogP contribution in [0.3, 0.4) is 0 Å². The fraction of sp³-hybridized carbons (Fsp3) is 0.0926. The monoisotopic (exact) mass is 731 g/mol. The highest BCUT2D eigenvalue weighted by Crippen LogP contribution is 2.43. The van der Waals surface area contributed by atoms with Crippen molar-refractivity contribution in [1.29, 1.82) is 5.26 Å². The van der Waals surface area contributed by atoms with Gasteiger partial charge in [0, 0.05) is 27.1 Å². The van der Waals surface area contributed by atoms with Crippen molar-refractivity contribution in [2.75, 3.05) is 0 Å². The van der Waals surface area contributed by atoms with Gasteiger partial charge in [0.2, 0.25) is 0 Å². The number of nitriles is 1. The first-order chi connectivity index (χ1) is 27.7.